The van der Waals surface area contributed by atoms with Crippen molar-refractivity contribution in [3.63, 3.8) is 0 Å². The Balaban J connectivity index is 2.28. The van der Waals surface area contributed by atoms with Gasteiger partial charge in [-0.25, -0.2) is 0 Å². The number of likely N-dealkylation sites (N-methyl/N-ethyl adjacent to an activating group) is 1. The molecule has 0 bridgehead atoms. The Labute approximate surface area is 136 Å². The predicted octanol–water partition coefficient (Wildman–Crippen LogP) is 1.44. The first-order valence-corrected chi connectivity index (χ1v) is 8.48. The normalized spacial score (nSPS) is 20.4. The second kappa shape index (κ2) is 8.85. The molecule has 1 aliphatic heterocycles. The predicted molar refractivity (Wildman–Crippen MR) is 91.0 cm³/mol. The number of nitrogens with zero attached hydrogens (tertiary/aromatic N) is 2. The van der Waals surface area contributed by atoms with Crippen molar-refractivity contribution in [1.29, 1.82) is 0 Å². The Hall–Kier alpha value is -0.650. The summed E-state index contributed by atoms with van der Waals surface area (Å²) in [6.45, 7) is 17.0. The van der Waals surface area contributed by atoms with Crippen LogP contribution < -0.4 is 5.32 Å². The maximum Gasteiger partial charge on any atom is 0.224 e. The molecule has 22 heavy (non-hydrogen) atoms. The van der Waals surface area contributed by atoms with Gasteiger partial charge in [0.15, 0.2) is 0 Å². The summed E-state index contributed by atoms with van der Waals surface area (Å²) in [6.07, 6.45) is 0.129. The van der Waals surface area contributed by atoms with Crippen LogP contribution in [0.1, 0.15) is 34.6 Å². The molecule has 0 radical (unpaired) electrons. The van der Waals surface area contributed by atoms with Gasteiger partial charge in [0, 0.05) is 52.2 Å². The molecule has 0 aliphatic carbocycles. The maximum absolute atomic E-state index is 11.9. The quantitative estimate of drug-likeness (QED) is 0.722. The van der Waals surface area contributed by atoms with Gasteiger partial charge in [-0.15, -0.1) is 0 Å². The highest BCUT2D eigenvalue weighted by Gasteiger charge is 2.24. The van der Waals surface area contributed by atoms with Crippen LogP contribution in [0, 0.1) is 11.3 Å². The topological polar surface area (TPSA) is 44.8 Å². The van der Waals surface area contributed by atoms with Gasteiger partial charge in [0.1, 0.15) is 0 Å². The van der Waals surface area contributed by atoms with Gasteiger partial charge < -0.3 is 15.0 Å². The average molecular weight is 313 g/mol. The second-order valence-corrected chi connectivity index (χ2v) is 7.90. The van der Waals surface area contributed by atoms with E-state index in [0.29, 0.717) is 12.0 Å². The van der Waals surface area contributed by atoms with Gasteiger partial charge in [0.2, 0.25) is 5.91 Å². The number of hydrogen-bond donors (Lipinski definition) is 1. The molecule has 0 aromatic rings. The molecule has 1 rings (SSSR count). The van der Waals surface area contributed by atoms with E-state index in [2.05, 4.69) is 31.0 Å². The van der Waals surface area contributed by atoms with Gasteiger partial charge in [-0.1, -0.05) is 34.6 Å². The summed E-state index contributed by atoms with van der Waals surface area (Å²) < 4.78 is 5.81. The number of hydrogen-bond acceptors (Lipinski definition) is 4. The minimum Gasteiger partial charge on any atom is -0.374 e. The van der Waals surface area contributed by atoms with Crippen LogP contribution in [-0.2, 0) is 9.53 Å². The maximum atomic E-state index is 11.9. The molecule has 1 atom stereocenters. The summed E-state index contributed by atoms with van der Waals surface area (Å²) in [4.78, 5) is 16.2. The molecule has 1 saturated heterocycles. The Bertz CT molecular complexity index is 339. The van der Waals surface area contributed by atoms with Crippen molar-refractivity contribution in [2.24, 2.45) is 11.3 Å². The summed E-state index contributed by atoms with van der Waals surface area (Å²) in [5.74, 6) is 0.235. The molecule has 1 N–H and O–H groups in total. The van der Waals surface area contributed by atoms with E-state index in [4.69, 9.17) is 4.74 Å². The Morgan fingerprint density at radius 2 is 2.09 bits per heavy atom. The largest absolute Gasteiger partial charge is 0.374 e. The smallest absolute Gasteiger partial charge is 0.224 e. The van der Waals surface area contributed by atoms with E-state index in [0.717, 1.165) is 39.3 Å². The van der Waals surface area contributed by atoms with Crippen molar-refractivity contribution in [3.8, 4) is 0 Å². The lowest BCUT2D eigenvalue weighted by molar-refractivity contribution is -0.136. The number of amides is 1. The molecular formula is C17H35N3O2. The van der Waals surface area contributed by atoms with Crippen molar-refractivity contribution in [2.45, 2.75) is 40.7 Å². The first-order chi connectivity index (χ1) is 10.2. The van der Waals surface area contributed by atoms with Crippen LogP contribution in [0.15, 0.2) is 0 Å². The summed E-state index contributed by atoms with van der Waals surface area (Å²) in [5.41, 5.74) is 0.327. The third-order valence-electron chi connectivity index (χ3n) is 3.83. The highest BCUT2D eigenvalue weighted by molar-refractivity contribution is 5.77. The van der Waals surface area contributed by atoms with Crippen LogP contribution >= 0.6 is 0 Å². The van der Waals surface area contributed by atoms with Gasteiger partial charge >= 0.3 is 0 Å². The summed E-state index contributed by atoms with van der Waals surface area (Å²) in [6, 6.07) is 0. The van der Waals surface area contributed by atoms with Crippen LogP contribution in [0.4, 0.5) is 0 Å². The lowest BCUT2D eigenvalue weighted by Gasteiger charge is -2.35. The van der Waals surface area contributed by atoms with E-state index < -0.39 is 0 Å². The number of morpholine rings is 1. The van der Waals surface area contributed by atoms with Crippen LogP contribution in [0.3, 0.4) is 0 Å². The van der Waals surface area contributed by atoms with E-state index in [1.807, 2.05) is 20.9 Å². The molecule has 0 saturated carbocycles. The minimum atomic E-state index is 0.0475. The third-order valence-corrected chi connectivity index (χ3v) is 3.83. The molecule has 0 unspecified atom stereocenters. The van der Waals surface area contributed by atoms with E-state index in [9.17, 15) is 4.79 Å². The van der Waals surface area contributed by atoms with Gasteiger partial charge in [0.25, 0.3) is 0 Å². The van der Waals surface area contributed by atoms with Gasteiger partial charge in [-0.2, -0.15) is 0 Å². The molecule has 1 amide bonds. The fourth-order valence-corrected chi connectivity index (χ4v) is 2.63. The number of carbonyl (C=O) groups excluding carboxylic acids is 1. The Kier molecular flexibility index (Phi) is 7.80. The molecular weight excluding hydrogens is 278 g/mol. The summed E-state index contributed by atoms with van der Waals surface area (Å²) in [5, 5.41) is 3.51. The van der Waals surface area contributed by atoms with Crippen molar-refractivity contribution in [2.75, 3.05) is 52.9 Å². The van der Waals surface area contributed by atoms with Crippen LogP contribution in [0.2, 0.25) is 0 Å². The Morgan fingerprint density at radius 3 is 2.68 bits per heavy atom. The molecule has 5 heteroatoms. The first-order valence-electron chi connectivity index (χ1n) is 8.48. The summed E-state index contributed by atoms with van der Waals surface area (Å²) in [7, 11) is 1.87. The van der Waals surface area contributed by atoms with Crippen molar-refractivity contribution in [3.05, 3.63) is 0 Å². The zero-order valence-electron chi connectivity index (χ0n) is 15.3. The molecule has 0 spiro atoms. The summed E-state index contributed by atoms with van der Waals surface area (Å²) >= 11 is 0. The zero-order valence-corrected chi connectivity index (χ0v) is 15.3. The van der Waals surface area contributed by atoms with Crippen LogP contribution in [0.5, 0.6) is 0 Å². The number of nitrogens with one attached hydrogen (secondary N) is 1. The van der Waals surface area contributed by atoms with Crippen molar-refractivity contribution < 1.29 is 9.53 Å². The van der Waals surface area contributed by atoms with Gasteiger partial charge in [-0.05, 0) is 5.41 Å². The average Bonchev–Trinajstić information content (AvgIpc) is 2.42. The number of rotatable bonds is 7. The van der Waals surface area contributed by atoms with Gasteiger partial charge in [0.05, 0.1) is 12.7 Å². The lowest BCUT2D eigenvalue weighted by Crippen LogP contribution is -2.50. The molecule has 0 aromatic heterocycles. The third kappa shape index (κ3) is 7.56. The van der Waals surface area contributed by atoms with Gasteiger partial charge in [-0.3, -0.25) is 9.69 Å². The lowest BCUT2D eigenvalue weighted by atomic mass is 9.97. The minimum absolute atomic E-state index is 0.0475. The zero-order chi connectivity index (χ0) is 16.8. The highest BCUT2D eigenvalue weighted by Crippen LogP contribution is 2.10. The monoisotopic (exact) mass is 313 g/mol. The molecule has 0 aromatic carbocycles. The van der Waals surface area contributed by atoms with E-state index in [1.54, 1.807) is 4.90 Å². The van der Waals surface area contributed by atoms with Crippen molar-refractivity contribution >= 4 is 5.91 Å². The number of ether oxygens (including phenoxy) is 1. The fourth-order valence-electron chi connectivity index (χ4n) is 2.63. The molecule has 1 fully saturated rings. The second-order valence-electron chi connectivity index (χ2n) is 7.90. The first kappa shape index (κ1) is 19.4. The molecule has 1 aliphatic rings. The standard InChI is InChI=1S/C17H35N3O2/c1-14(2)16(21)19(6)11-15-12-20(9-10-22-15)8-7-18-13-17(3,4)5/h14-15,18H,7-13H2,1-6H3/t15-/m0/s1. The SMILES string of the molecule is CC(C)C(=O)N(C)C[C@H]1CN(CCNCC(C)(C)C)CCO1. The van der Waals surface area contributed by atoms with E-state index in [1.165, 1.54) is 0 Å². The molecule has 5 nitrogen and oxygen atoms in total. The molecule has 1 heterocycles. The highest BCUT2D eigenvalue weighted by atomic mass is 16.5. The van der Waals surface area contributed by atoms with E-state index in [-0.39, 0.29) is 17.9 Å². The van der Waals surface area contributed by atoms with E-state index >= 15 is 0 Å². The fraction of sp³-hybridized carbons (Fsp3) is 0.941. The van der Waals surface area contributed by atoms with Crippen LogP contribution in [0.25, 0.3) is 0 Å². The number of carbonyl (C=O) groups is 1. The van der Waals surface area contributed by atoms with Crippen molar-refractivity contribution in [1.82, 2.24) is 15.1 Å². The Morgan fingerprint density at radius 1 is 1.41 bits per heavy atom. The molecule has 130 valence electrons. The van der Waals surface area contributed by atoms with Crippen LogP contribution in [-0.4, -0.2) is 74.7 Å².